The zero-order valence-corrected chi connectivity index (χ0v) is 17.7. The molecule has 0 unspecified atom stereocenters. The van der Waals surface area contributed by atoms with E-state index in [4.69, 9.17) is 4.74 Å². The zero-order chi connectivity index (χ0) is 20.3. The third-order valence-electron chi connectivity index (χ3n) is 5.01. The predicted octanol–water partition coefficient (Wildman–Crippen LogP) is 1.75. The molecule has 0 radical (unpaired) electrons. The first-order valence-electron chi connectivity index (χ1n) is 9.71. The lowest BCUT2D eigenvalue weighted by atomic mass is 10.3. The fourth-order valence-electron chi connectivity index (χ4n) is 3.50. The summed E-state index contributed by atoms with van der Waals surface area (Å²) < 4.78 is 33.3. The van der Waals surface area contributed by atoms with Crippen LogP contribution in [0.5, 0.6) is 0 Å². The van der Waals surface area contributed by atoms with E-state index in [0.29, 0.717) is 50.2 Å². The molecule has 0 atom stereocenters. The van der Waals surface area contributed by atoms with Crippen molar-refractivity contribution in [1.82, 2.24) is 14.9 Å². The lowest BCUT2D eigenvalue weighted by Crippen LogP contribution is -2.45. The Hall–Kier alpha value is -2.01. The van der Waals surface area contributed by atoms with E-state index in [1.807, 2.05) is 5.01 Å². The number of morpholine rings is 1. The molecule has 1 aromatic heterocycles. The van der Waals surface area contributed by atoms with Crippen LogP contribution in [0.1, 0.15) is 18.5 Å². The van der Waals surface area contributed by atoms with E-state index in [-0.39, 0.29) is 17.2 Å². The first kappa shape index (κ1) is 20.3. The highest BCUT2D eigenvalue weighted by Gasteiger charge is 2.34. The molecule has 2 aromatic rings. The van der Waals surface area contributed by atoms with Gasteiger partial charge in [-0.05, 0) is 25.0 Å². The van der Waals surface area contributed by atoms with E-state index in [1.54, 1.807) is 40.6 Å². The Kier molecular flexibility index (Phi) is 6.14. The van der Waals surface area contributed by atoms with Crippen LogP contribution in [0.4, 0.5) is 5.13 Å². The van der Waals surface area contributed by atoms with Crippen LogP contribution in [-0.2, 0) is 26.0 Å². The molecule has 0 saturated carbocycles. The van der Waals surface area contributed by atoms with Crippen LogP contribution < -0.4 is 4.41 Å². The highest BCUT2D eigenvalue weighted by atomic mass is 32.2. The molecule has 0 spiro atoms. The summed E-state index contributed by atoms with van der Waals surface area (Å²) in [4.78, 5) is 19.0. The summed E-state index contributed by atoms with van der Waals surface area (Å²) in [6.45, 7) is 3.58. The minimum absolute atomic E-state index is 0.0104. The number of rotatable bonds is 6. The molecule has 29 heavy (non-hydrogen) atoms. The van der Waals surface area contributed by atoms with Crippen molar-refractivity contribution in [3.8, 4) is 0 Å². The monoisotopic (exact) mass is 436 g/mol. The second-order valence-electron chi connectivity index (χ2n) is 7.01. The number of ether oxygens (including phenoxy) is 1. The quantitative estimate of drug-likeness (QED) is 0.686. The number of benzene rings is 1. The molecule has 8 nitrogen and oxygen atoms in total. The molecule has 0 N–H and O–H groups in total. The number of amides is 1. The van der Waals surface area contributed by atoms with E-state index in [1.165, 1.54) is 15.8 Å². The topological polar surface area (TPSA) is 83.1 Å². The van der Waals surface area contributed by atoms with Gasteiger partial charge in [-0.25, -0.2) is 9.99 Å². The van der Waals surface area contributed by atoms with Gasteiger partial charge in [-0.1, -0.05) is 18.2 Å². The van der Waals surface area contributed by atoms with Crippen LogP contribution in [0.2, 0.25) is 0 Å². The van der Waals surface area contributed by atoms with Crippen molar-refractivity contribution in [3.63, 3.8) is 0 Å². The number of sulfonamides is 1. The van der Waals surface area contributed by atoms with Crippen molar-refractivity contribution in [1.29, 1.82) is 0 Å². The molecule has 2 fully saturated rings. The molecule has 1 amide bonds. The number of hydrazine groups is 1. The Labute approximate surface area is 174 Å². The summed E-state index contributed by atoms with van der Waals surface area (Å²) in [6.07, 6.45) is 2.04. The van der Waals surface area contributed by atoms with Crippen molar-refractivity contribution < 1.29 is 17.9 Å². The number of carbonyl (C=O) groups excluding carboxylic acids is 1. The molecule has 156 valence electrons. The van der Waals surface area contributed by atoms with Gasteiger partial charge in [0.2, 0.25) is 11.0 Å². The number of anilines is 1. The number of hydrogen-bond donors (Lipinski definition) is 0. The maximum Gasteiger partial charge on any atom is 0.280 e. The van der Waals surface area contributed by atoms with E-state index in [0.717, 1.165) is 12.8 Å². The van der Waals surface area contributed by atoms with Gasteiger partial charge < -0.3 is 9.64 Å². The second kappa shape index (κ2) is 8.78. The van der Waals surface area contributed by atoms with Gasteiger partial charge >= 0.3 is 0 Å². The number of hydrogen-bond acceptors (Lipinski definition) is 7. The van der Waals surface area contributed by atoms with Gasteiger partial charge in [-0.2, -0.15) is 12.8 Å². The zero-order valence-electron chi connectivity index (χ0n) is 16.1. The number of nitrogens with zero attached hydrogens (tertiary/aromatic N) is 4. The van der Waals surface area contributed by atoms with Crippen molar-refractivity contribution in [3.05, 3.63) is 41.4 Å². The summed E-state index contributed by atoms with van der Waals surface area (Å²) in [7, 11) is -3.78. The lowest BCUT2D eigenvalue weighted by molar-refractivity contribution is -0.134. The molecule has 2 aliphatic rings. The Morgan fingerprint density at radius 3 is 2.48 bits per heavy atom. The molecule has 0 aliphatic carbocycles. The SMILES string of the molecule is O=C(Cc1csc(N(N2CCCC2)S(=O)(=O)c2ccccc2)n1)N1CCOCC1. The maximum atomic E-state index is 13.4. The molecule has 2 aliphatic heterocycles. The van der Waals surface area contributed by atoms with Crippen LogP contribution in [0.25, 0.3) is 0 Å². The van der Waals surface area contributed by atoms with Gasteiger partial charge in [0.05, 0.1) is 30.2 Å². The van der Waals surface area contributed by atoms with Crippen LogP contribution >= 0.6 is 11.3 Å². The fourth-order valence-corrected chi connectivity index (χ4v) is 6.09. The molecule has 1 aromatic carbocycles. The average molecular weight is 437 g/mol. The normalized spacial score (nSPS) is 18.1. The van der Waals surface area contributed by atoms with Gasteiger partial charge in [0.25, 0.3) is 10.0 Å². The molecule has 2 saturated heterocycles. The van der Waals surface area contributed by atoms with Gasteiger partial charge in [0, 0.05) is 31.6 Å². The van der Waals surface area contributed by atoms with Crippen LogP contribution in [-0.4, -0.2) is 68.6 Å². The fraction of sp³-hybridized carbons (Fsp3) is 0.474. The first-order valence-corrected chi connectivity index (χ1v) is 12.0. The lowest BCUT2D eigenvalue weighted by Gasteiger charge is -2.30. The number of thiazole rings is 1. The standard InChI is InChI=1S/C19H24N4O4S2/c24-18(21-10-12-27-13-11-21)14-16-15-28-19(20-16)23(22-8-4-5-9-22)29(25,26)17-6-2-1-3-7-17/h1-3,6-7,15H,4-5,8-14H2. The Morgan fingerprint density at radius 1 is 1.10 bits per heavy atom. The summed E-state index contributed by atoms with van der Waals surface area (Å²) in [5.41, 5.74) is 0.592. The molecular weight excluding hydrogens is 412 g/mol. The summed E-state index contributed by atoms with van der Waals surface area (Å²) in [5.74, 6) is -0.0104. The van der Waals surface area contributed by atoms with Gasteiger partial charge in [-0.3, -0.25) is 4.79 Å². The third kappa shape index (κ3) is 4.45. The maximum absolute atomic E-state index is 13.4. The van der Waals surface area contributed by atoms with Crippen LogP contribution in [0.3, 0.4) is 0 Å². The third-order valence-corrected chi connectivity index (χ3v) is 7.72. The summed E-state index contributed by atoms with van der Waals surface area (Å²) in [5, 5.41) is 3.98. The Morgan fingerprint density at radius 2 is 1.79 bits per heavy atom. The molecule has 4 rings (SSSR count). The first-order chi connectivity index (χ1) is 14.1. The molecule has 10 heteroatoms. The Balaban J connectivity index is 1.58. The van der Waals surface area contributed by atoms with Crippen molar-refractivity contribution in [2.75, 3.05) is 43.8 Å². The molecule has 0 bridgehead atoms. The summed E-state index contributed by atoms with van der Waals surface area (Å²) in [6, 6.07) is 8.40. The molecular formula is C19H24N4O4S2. The minimum Gasteiger partial charge on any atom is -0.378 e. The Bertz CT molecular complexity index is 936. The smallest absolute Gasteiger partial charge is 0.280 e. The van der Waals surface area contributed by atoms with Crippen molar-refractivity contribution in [2.45, 2.75) is 24.2 Å². The highest BCUT2D eigenvalue weighted by Crippen LogP contribution is 2.31. The molecule has 3 heterocycles. The van der Waals surface area contributed by atoms with E-state index < -0.39 is 10.0 Å². The van der Waals surface area contributed by atoms with E-state index in [2.05, 4.69) is 4.98 Å². The van der Waals surface area contributed by atoms with Gasteiger partial charge in [0.15, 0.2) is 0 Å². The van der Waals surface area contributed by atoms with Crippen LogP contribution in [0.15, 0.2) is 40.6 Å². The second-order valence-corrected chi connectivity index (χ2v) is 9.62. The van der Waals surface area contributed by atoms with E-state index >= 15 is 0 Å². The van der Waals surface area contributed by atoms with Gasteiger partial charge in [0.1, 0.15) is 0 Å². The number of aromatic nitrogens is 1. The number of carbonyl (C=O) groups is 1. The largest absolute Gasteiger partial charge is 0.378 e. The predicted molar refractivity (Wildman–Crippen MR) is 110 cm³/mol. The van der Waals surface area contributed by atoms with Crippen molar-refractivity contribution >= 4 is 32.4 Å². The summed E-state index contributed by atoms with van der Waals surface area (Å²) >= 11 is 1.25. The highest BCUT2D eigenvalue weighted by molar-refractivity contribution is 7.93. The van der Waals surface area contributed by atoms with Gasteiger partial charge in [-0.15, -0.1) is 11.3 Å². The van der Waals surface area contributed by atoms with E-state index in [9.17, 15) is 13.2 Å². The average Bonchev–Trinajstić information content (AvgIpc) is 3.42. The van der Waals surface area contributed by atoms with Crippen LogP contribution in [0, 0.1) is 0 Å². The van der Waals surface area contributed by atoms with Crippen molar-refractivity contribution in [2.24, 2.45) is 0 Å². The minimum atomic E-state index is -3.78.